The van der Waals surface area contributed by atoms with Crippen LogP contribution in [0.15, 0.2) is 141 Å². The Balaban J connectivity index is 0.000000118. The van der Waals surface area contributed by atoms with Crippen molar-refractivity contribution in [3.8, 4) is 0 Å². The predicted molar refractivity (Wildman–Crippen MR) is 471 cm³/mol. The minimum atomic E-state index is -0.961. The van der Waals surface area contributed by atoms with Gasteiger partial charge in [-0.15, -0.1) is 0 Å². The van der Waals surface area contributed by atoms with Crippen LogP contribution in [0.3, 0.4) is 0 Å². The van der Waals surface area contributed by atoms with Gasteiger partial charge in [0.05, 0.1) is 54.9 Å². The molecule has 654 valence electrons. The van der Waals surface area contributed by atoms with Crippen molar-refractivity contribution in [2.45, 2.75) is 268 Å². The summed E-state index contributed by atoms with van der Waals surface area (Å²) >= 11 is 0. The van der Waals surface area contributed by atoms with Crippen molar-refractivity contribution in [2.24, 2.45) is 99.7 Å². The van der Waals surface area contributed by atoms with E-state index in [1.54, 1.807) is 61.3 Å². The van der Waals surface area contributed by atoms with Crippen molar-refractivity contribution < 1.29 is 56.9 Å². The van der Waals surface area contributed by atoms with Crippen LogP contribution in [0.1, 0.15) is 261 Å². The molecule has 0 saturated heterocycles. The van der Waals surface area contributed by atoms with E-state index in [4.69, 9.17) is 26.3 Å². The molecule has 0 aliphatic heterocycles. The lowest BCUT2D eigenvalue weighted by molar-refractivity contribution is -0.904. The lowest BCUT2D eigenvalue weighted by Crippen LogP contribution is -2.54. The second-order valence-electron chi connectivity index (χ2n) is 41.7. The molecule has 4 heterocycles. The van der Waals surface area contributed by atoms with Crippen molar-refractivity contribution in [3.05, 3.63) is 282 Å². The Hall–Kier alpha value is -9.27. The number of halogens is 5. The Labute approximate surface area is 735 Å². The molecule has 8 fully saturated rings. The highest BCUT2D eigenvalue weighted by Crippen LogP contribution is 2.72. The van der Waals surface area contributed by atoms with Crippen LogP contribution in [0, 0.1) is 148 Å². The Kier molecular flexibility index (Phi) is 23.5. The van der Waals surface area contributed by atoms with Crippen LogP contribution in [0.4, 0.5) is 44.7 Å². The highest BCUT2D eigenvalue weighted by molar-refractivity contribution is 5.57. The fourth-order valence-corrected chi connectivity index (χ4v) is 30.4. The molecular formula is C107H123F5N8O5+2. The van der Waals surface area contributed by atoms with Gasteiger partial charge in [-0.3, -0.25) is 15.2 Å². The molecule has 8 saturated carbocycles. The van der Waals surface area contributed by atoms with Gasteiger partial charge < -0.3 is 20.4 Å². The van der Waals surface area contributed by atoms with Gasteiger partial charge in [-0.1, -0.05) is 117 Å². The zero-order chi connectivity index (χ0) is 88.4. The molecule has 20 rings (SSSR count). The van der Waals surface area contributed by atoms with E-state index in [0.717, 1.165) is 170 Å². The third-order valence-corrected chi connectivity index (χ3v) is 36.4. The van der Waals surface area contributed by atoms with Crippen LogP contribution >= 0.6 is 0 Å². The third kappa shape index (κ3) is 14.4. The molecule has 0 spiro atoms. The standard InChI is InChI=1S/C28H34FN2O.C27H30F2N2O.C26H30FN2O2.C26H29FN2O/c1-5-19-17-27(2)23(10-13-28(27,32)16-18-11-14-31(4)15-12-18)22-7-6-21-20(25(19)22)8-9-24(30-3)26(21)29;1-4-16-13-26(2)21(9-11-27(26,32)14-17-10-12-31-15-22(17)28)20-6-5-19-18(24(16)20)7-8-23(30-3)25(19)29;1-16-14-25(2)21(8-11-26(25,30)15-17-9-12-29(31)13-10-17)20-5-4-19-18(23(16)20)6-7-22(28-3)24(19)27;1-16-14-25(2)21(8-11-26(25,30)15-17-9-12-29-13-10-17)20-5-4-19-18(23(16)20)6-7-22(28-3)24(19)27/h8-9,11-12,14-15,19,22-23,25,32H,5-7,10,13,16-17H2,1-2,4H3;7-8,10,12,15-16,20-21,24,32H,4-6,9,11,13-14H2,1-2H3;6-7,9-10,12-13,16,20-21,23,30-31H,4-5,8,11,14-15H2,1-2H3;6-7,9-10,12-13,16,20-21,23,30H,4-5,8,11,14-15H2,1-2H3/q+1;;+1;/t19-,22?,23?,25?,27-,28+;16-,20?,21?,24?,26-,27+;2*16-,20?,21?,23?,25-,26+/m0000/s1. The number of pyridine rings is 4. The minimum Gasteiger partial charge on any atom is -0.389 e. The predicted octanol–water partition coefficient (Wildman–Crippen LogP) is 22.9. The molecule has 13 nitrogen and oxygen atoms in total. The smallest absolute Gasteiger partial charge is 0.222 e. The van der Waals surface area contributed by atoms with E-state index in [9.17, 15) is 43.2 Å². The monoisotopic (exact) mass is 1690 g/mol. The first-order valence-corrected chi connectivity index (χ1v) is 46.5. The van der Waals surface area contributed by atoms with Gasteiger partial charge in [-0.2, -0.15) is 0 Å². The summed E-state index contributed by atoms with van der Waals surface area (Å²) in [6.07, 6.45) is 35.2. The number of nitrogens with zero attached hydrogens (tertiary/aromatic N) is 8. The maximum Gasteiger partial charge on any atom is 0.222 e. The van der Waals surface area contributed by atoms with Gasteiger partial charge >= 0.3 is 0 Å². The highest BCUT2D eigenvalue weighted by Gasteiger charge is 2.68. The summed E-state index contributed by atoms with van der Waals surface area (Å²) in [5.41, 5.74) is 8.03. The number of aliphatic hydroxyl groups is 4. The largest absolute Gasteiger partial charge is 0.389 e. The number of fused-ring (bicyclic) bond motifs is 20. The minimum absolute atomic E-state index is 0.116. The molecular weight excluding hydrogens is 1570 g/mol. The van der Waals surface area contributed by atoms with E-state index < -0.39 is 22.4 Å². The molecule has 18 heteroatoms. The number of hydrogen-bond donors (Lipinski definition) is 5. The topological polar surface area (TPSA) is 152 Å². The second-order valence-corrected chi connectivity index (χ2v) is 41.7. The number of benzene rings is 4. The van der Waals surface area contributed by atoms with Crippen LogP contribution in [0.25, 0.3) is 19.4 Å². The lowest BCUT2D eigenvalue weighted by atomic mass is 9.49. The number of hydrogen-bond acceptors (Lipinski definition) is 7. The zero-order valence-corrected chi connectivity index (χ0v) is 74.1. The summed E-state index contributed by atoms with van der Waals surface area (Å²) in [4.78, 5) is 21.4. The van der Waals surface area contributed by atoms with Crippen molar-refractivity contribution in [1.82, 2.24) is 9.97 Å². The molecule has 8 aromatic rings. The van der Waals surface area contributed by atoms with Crippen LogP contribution in [-0.4, -0.2) is 58.0 Å². The summed E-state index contributed by atoms with van der Waals surface area (Å²) in [6.45, 7) is 47.1. The molecule has 12 unspecified atom stereocenters. The molecule has 125 heavy (non-hydrogen) atoms. The maximum absolute atomic E-state index is 15.0. The molecule has 24 atom stereocenters. The van der Waals surface area contributed by atoms with Crippen molar-refractivity contribution in [2.75, 3.05) is 0 Å². The second kappa shape index (κ2) is 33.4. The van der Waals surface area contributed by atoms with Gasteiger partial charge in [0.25, 0.3) is 0 Å². The molecule has 0 radical (unpaired) electrons. The van der Waals surface area contributed by atoms with Crippen LogP contribution in [-0.2, 0) is 58.4 Å². The Morgan fingerprint density at radius 2 is 0.696 bits per heavy atom. The number of rotatable bonds is 10. The van der Waals surface area contributed by atoms with Gasteiger partial charge in [-0.25, -0.2) is 45.9 Å². The van der Waals surface area contributed by atoms with Crippen molar-refractivity contribution >= 4 is 22.7 Å². The molecule has 0 bridgehead atoms. The first-order valence-electron chi connectivity index (χ1n) is 46.5. The number of aromatic nitrogens is 4. The van der Waals surface area contributed by atoms with Gasteiger partial charge in [0.1, 0.15) is 36.1 Å². The fourth-order valence-electron chi connectivity index (χ4n) is 30.4. The zero-order valence-electron chi connectivity index (χ0n) is 74.1. The van der Waals surface area contributed by atoms with Crippen molar-refractivity contribution in [3.63, 3.8) is 0 Å². The highest BCUT2D eigenvalue weighted by atomic mass is 19.1. The van der Waals surface area contributed by atoms with Crippen LogP contribution in [0.2, 0.25) is 0 Å². The lowest BCUT2D eigenvalue weighted by Gasteiger charge is -2.56. The summed E-state index contributed by atoms with van der Waals surface area (Å²) < 4.78 is 77.3. The average molecular weight is 1700 g/mol. The van der Waals surface area contributed by atoms with E-state index >= 15 is 4.39 Å². The van der Waals surface area contributed by atoms with E-state index in [1.807, 2.05) is 60.1 Å². The molecule has 12 aliphatic rings. The van der Waals surface area contributed by atoms with Gasteiger partial charge in [-0.05, 0) is 308 Å². The van der Waals surface area contributed by atoms with Crippen LogP contribution < -0.4 is 9.30 Å². The van der Waals surface area contributed by atoms with E-state index in [2.05, 4.69) is 109 Å². The Morgan fingerprint density at radius 3 is 1.03 bits per heavy atom. The molecule has 12 aliphatic carbocycles. The van der Waals surface area contributed by atoms with Gasteiger partial charge in [0, 0.05) is 94.9 Å². The third-order valence-electron chi connectivity index (χ3n) is 36.4. The summed E-state index contributed by atoms with van der Waals surface area (Å²) in [7, 11) is 2.02. The summed E-state index contributed by atoms with van der Waals surface area (Å²) in [5, 5.41) is 57.4. The first-order chi connectivity index (χ1) is 59.8. The van der Waals surface area contributed by atoms with E-state index in [0.29, 0.717) is 152 Å². The summed E-state index contributed by atoms with van der Waals surface area (Å²) in [6, 6.07) is 28.4. The first kappa shape index (κ1) is 87.8. The average Bonchev–Trinajstić information content (AvgIpc) is 1.58. The number of aryl methyl sites for hydroxylation is 1. The van der Waals surface area contributed by atoms with Gasteiger partial charge in [0.2, 0.25) is 35.1 Å². The maximum atomic E-state index is 15.0. The van der Waals surface area contributed by atoms with Crippen molar-refractivity contribution in [1.29, 1.82) is 0 Å². The summed E-state index contributed by atoms with van der Waals surface area (Å²) in [5.74, 6) is 4.46. The molecule has 5 N–H and O–H groups in total. The fraction of sp³-hybridized carbons (Fsp3) is 0.551. The van der Waals surface area contributed by atoms with E-state index in [1.165, 1.54) is 11.8 Å². The van der Waals surface area contributed by atoms with Gasteiger partial charge in [0.15, 0.2) is 12.4 Å². The molecule has 0 amide bonds. The van der Waals surface area contributed by atoms with E-state index in [-0.39, 0.29) is 79.4 Å². The quantitative estimate of drug-likeness (QED) is 0.0396. The Morgan fingerprint density at radius 1 is 0.392 bits per heavy atom. The van der Waals surface area contributed by atoms with Crippen LogP contribution in [0.5, 0.6) is 0 Å². The molecule has 4 aromatic heterocycles. The SMILES string of the molecule is [C-]#[N+]c1ccc2c(c1F)CCC1C2[C@@H](C)C[C@@]2(C)C1CC[C@@]2(O)Cc1cc[n+](O)cc1.[C-]#[N+]c1ccc2c(c1F)CCC1C2[C@@H](C)C[C@@]2(C)C1CC[C@@]2(O)Cc1ccncc1.[C-]#[N+]c1ccc2c(c1F)CCC1C2[C@@H](CC)C[C@@]2(C)C1CC[C@@]2(O)Cc1cc[n+](C)cc1.[C-]#[N+]c1ccc2c(c1F)CCC1C2[C@@H](CC)C[C@@]2(C)C1CC[C@@]2(O)Cc1ccncc1F. The Bertz CT molecular complexity index is 5610. The molecule has 4 aromatic carbocycles. The normalized spacial score (nSPS) is 36.0.